The number of ether oxygens (including phenoxy) is 1. The number of benzene rings is 1. The normalized spacial score (nSPS) is 11.7. The quantitative estimate of drug-likeness (QED) is 0.555. The Morgan fingerprint density at radius 3 is 2.73 bits per heavy atom. The van der Waals surface area contributed by atoms with Crippen LogP contribution >= 0.6 is 15.9 Å². The van der Waals surface area contributed by atoms with Crippen molar-refractivity contribution in [2.45, 2.75) is 18.2 Å². The summed E-state index contributed by atoms with van der Waals surface area (Å²) in [5, 5.41) is 0. The van der Waals surface area contributed by atoms with Gasteiger partial charge in [0.15, 0.2) is 0 Å². The minimum atomic E-state index is -2.26. The number of rotatable bonds is 4. The zero-order valence-electron chi connectivity index (χ0n) is 8.66. The van der Waals surface area contributed by atoms with Gasteiger partial charge >= 0.3 is 29.6 Å². The fraction of sp³-hybridized carbons (Fsp3) is 0.333. The van der Waals surface area contributed by atoms with Crippen LogP contribution in [-0.2, 0) is 11.1 Å². The van der Waals surface area contributed by atoms with E-state index in [2.05, 4.69) is 15.9 Å². The molecule has 0 aliphatic heterocycles. The van der Waals surface area contributed by atoms with Gasteiger partial charge in [-0.3, -0.25) is 4.21 Å². The van der Waals surface area contributed by atoms with Gasteiger partial charge in [-0.2, -0.15) is 0 Å². The third kappa shape index (κ3) is 4.97. The van der Waals surface area contributed by atoms with Crippen LogP contribution in [0.15, 0.2) is 27.6 Å². The summed E-state index contributed by atoms with van der Waals surface area (Å²) in [6.07, 6.45) is 0.848. The van der Waals surface area contributed by atoms with Gasteiger partial charge in [0.05, 0.1) is 11.5 Å². The van der Waals surface area contributed by atoms with E-state index in [0.29, 0.717) is 12.4 Å². The van der Waals surface area contributed by atoms with Gasteiger partial charge in [0.25, 0.3) is 0 Å². The van der Waals surface area contributed by atoms with Crippen molar-refractivity contribution in [2.24, 2.45) is 0 Å². The molecule has 0 spiro atoms. The summed E-state index contributed by atoms with van der Waals surface area (Å²) in [7, 11) is 0. The second-order valence-corrected chi connectivity index (χ2v) is 4.50. The molecular formula is C9H10BrNaO3S. The first-order chi connectivity index (χ1) is 6.65. The molecule has 0 amide bonds. The zero-order chi connectivity index (χ0) is 10.6. The molecule has 0 aliphatic carbocycles. The summed E-state index contributed by atoms with van der Waals surface area (Å²) in [5.41, 5.74) is 0. The van der Waals surface area contributed by atoms with Crippen LogP contribution in [0.4, 0.5) is 0 Å². The average Bonchev–Trinajstić information content (AvgIpc) is 2.15. The SMILES string of the molecule is CCCOc1ccc(Br)cc1S(=O)[O-].[Na+]. The number of hydrogen-bond donors (Lipinski definition) is 0. The van der Waals surface area contributed by atoms with E-state index in [1.807, 2.05) is 6.92 Å². The summed E-state index contributed by atoms with van der Waals surface area (Å²) in [4.78, 5) is 0.188. The number of hydrogen-bond acceptors (Lipinski definition) is 3. The smallest absolute Gasteiger partial charge is 0.768 e. The Labute approximate surface area is 122 Å². The molecule has 0 radical (unpaired) electrons. The molecule has 1 aromatic carbocycles. The Hall–Kier alpha value is 0.610. The summed E-state index contributed by atoms with van der Waals surface area (Å²) < 4.78 is 27.7. The minimum absolute atomic E-state index is 0. The maximum atomic E-state index is 10.8. The molecule has 0 aliphatic rings. The molecular weight excluding hydrogens is 291 g/mol. The Bertz CT molecular complexity index is 346. The van der Waals surface area contributed by atoms with Crippen LogP contribution in [0.3, 0.4) is 0 Å². The molecule has 0 N–H and O–H groups in total. The van der Waals surface area contributed by atoms with Crippen molar-refractivity contribution in [3.63, 3.8) is 0 Å². The summed E-state index contributed by atoms with van der Waals surface area (Å²) in [5.74, 6) is 0.406. The topological polar surface area (TPSA) is 49.4 Å². The molecule has 3 nitrogen and oxygen atoms in total. The van der Waals surface area contributed by atoms with E-state index in [4.69, 9.17) is 4.74 Å². The first kappa shape index (κ1) is 15.6. The predicted octanol–water partition coefficient (Wildman–Crippen LogP) is -0.520. The van der Waals surface area contributed by atoms with Crippen LogP contribution in [0.5, 0.6) is 5.75 Å². The molecule has 1 aromatic rings. The van der Waals surface area contributed by atoms with Gasteiger partial charge in [-0.25, -0.2) is 0 Å². The van der Waals surface area contributed by atoms with E-state index in [1.165, 1.54) is 6.07 Å². The fourth-order valence-corrected chi connectivity index (χ4v) is 1.97. The monoisotopic (exact) mass is 300 g/mol. The van der Waals surface area contributed by atoms with Crippen LogP contribution in [0, 0.1) is 0 Å². The van der Waals surface area contributed by atoms with Gasteiger partial charge in [0.2, 0.25) is 0 Å². The van der Waals surface area contributed by atoms with Crippen LogP contribution in [0.1, 0.15) is 13.3 Å². The molecule has 15 heavy (non-hydrogen) atoms. The third-order valence-corrected chi connectivity index (χ3v) is 2.72. The van der Waals surface area contributed by atoms with E-state index in [-0.39, 0.29) is 34.5 Å². The molecule has 0 aromatic heterocycles. The minimum Gasteiger partial charge on any atom is -0.768 e. The Morgan fingerprint density at radius 1 is 1.53 bits per heavy atom. The van der Waals surface area contributed by atoms with Crippen molar-refractivity contribution in [3.05, 3.63) is 22.7 Å². The molecule has 1 rings (SSSR count). The summed E-state index contributed by atoms with van der Waals surface area (Å²) in [6, 6.07) is 4.92. The van der Waals surface area contributed by atoms with Crippen molar-refractivity contribution < 1.29 is 43.1 Å². The molecule has 1 atom stereocenters. The maximum Gasteiger partial charge on any atom is 1.00 e. The van der Waals surface area contributed by atoms with Gasteiger partial charge in [-0.1, -0.05) is 22.9 Å². The van der Waals surface area contributed by atoms with Crippen molar-refractivity contribution in [1.29, 1.82) is 0 Å². The maximum absolute atomic E-state index is 10.8. The van der Waals surface area contributed by atoms with Crippen LogP contribution < -0.4 is 34.3 Å². The molecule has 0 saturated carbocycles. The van der Waals surface area contributed by atoms with Gasteiger partial charge in [-0.05, 0) is 35.7 Å². The Morgan fingerprint density at radius 2 is 2.20 bits per heavy atom. The second kappa shape index (κ2) is 7.81. The van der Waals surface area contributed by atoms with Gasteiger partial charge in [0, 0.05) is 4.47 Å². The third-order valence-electron chi connectivity index (χ3n) is 1.55. The standard InChI is InChI=1S/C9H11BrO3S.Na/c1-2-5-13-8-4-3-7(10)6-9(8)14(11)12;/h3-4,6H,2,5H2,1H3,(H,11,12);/q;+1/p-1. The van der Waals surface area contributed by atoms with Crippen LogP contribution in [-0.4, -0.2) is 15.4 Å². The summed E-state index contributed by atoms with van der Waals surface area (Å²) >= 11 is 0.945. The van der Waals surface area contributed by atoms with E-state index in [0.717, 1.165) is 10.9 Å². The van der Waals surface area contributed by atoms with Gasteiger partial charge in [0.1, 0.15) is 5.75 Å². The molecule has 0 fully saturated rings. The van der Waals surface area contributed by atoms with Crippen molar-refractivity contribution in [3.8, 4) is 5.75 Å². The van der Waals surface area contributed by atoms with E-state index >= 15 is 0 Å². The van der Waals surface area contributed by atoms with Crippen LogP contribution in [0.2, 0.25) is 0 Å². The summed E-state index contributed by atoms with van der Waals surface area (Å²) in [6.45, 7) is 2.48. The molecule has 1 unspecified atom stereocenters. The van der Waals surface area contributed by atoms with E-state index in [9.17, 15) is 8.76 Å². The van der Waals surface area contributed by atoms with Crippen molar-refractivity contribution in [2.75, 3.05) is 6.61 Å². The molecule has 78 valence electrons. The first-order valence-corrected chi connectivity index (χ1v) is 6.03. The Kier molecular flexibility index (Phi) is 8.13. The molecule has 0 heterocycles. The molecule has 0 bridgehead atoms. The van der Waals surface area contributed by atoms with E-state index < -0.39 is 11.1 Å². The molecule has 6 heteroatoms. The van der Waals surface area contributed by atoms with Crippen LogP contribution in [0.25, 0.3) is 0 Å². The first-order valence-electron chi connectivity index (χ1n) is 4.16. The van der Waals surface area contributed by atoms with Gasteiger partial charge in [-0.15, -0.1) is 0 Å². The van der Waals surface area contributed by atoms with Crippen molar-refractivity contribution in [1.82, 2.24) is 0 Å². The van der Waals surface area contributed by atoms with Gasteiger partial charge < -0.3 is 9.29 Å². The largest absolute Gasteiger partial charge is 1.00 e. The predicted molar refractivity (Wildman–Crippen MR) is 57.1 cm³/mol. The second-order valence-electron chi connectivity index (χ2n) is 2.67. The Balaban J connectivity index is 0.00000196. The average molecular weight is 301 g/mol. The van der Waals surface area contributed by atoms with E-state index in [1.54, 1.807) is 12.1 Å². The molecule has 0 saturated heterocycles. The zero-order valence-corrected chi connectivity index (χ0v) is 13.1. The number of halogens is 1. The fourth-order valence-electron chi connectivity index (χ4n) is 0.943. The van der Waals surface area contributed by atoms with Crippen molar-refractivity contribution >= 4 is 27.0 Å².